The molecule has 4 nitrogen and oxygen atoms in total. The standard InChI is InChI=1S/C7H15NO3.ClH/c1-7(10)4-8-2-6(3-9)11-5-7;/h6,8-10H,2-5H2,1H3;1H/t6-,7-;/m0./s1. The van der Waals surface area contributed by atoms with Gasteiger partial charge in [-0.25, -0.2) is 0 Å². The van der Waals surface area contributed by atoms with E-state index in [1.165, 1.54) is 0 Å². The van der Waals surface area contributed by atoms with Gasteiger partial charge in [0.2, 0.25) is 0 Å². The first-order chi connectivity index (χ1) is 5.14. The number of hydrogen-bond donors (Lipinski definition) is 3. The van der Waals surface area contributed by atoms with Crippen LogP contribution in [0.5, 0.6) is 0 Å². The highest BCUT2D eigenvalue weighted by molar-refractivity contribution is 5.85. The van der Waals surface area contributed by atoms with Crippen LogP contribution in [-0.4, -0.2) is 48.2 Å². The van der Waals surface area contributed by atoms with Crippen LogP contribution in [0.4, 0.5) is 0 Å². The Bertz CT molecular complexity index is 132. The van der Waals surface area contributed by atoms with Crippen LogP contribution >= 0.6 is 12.4 Å². The second-order valence-corrected chi connectivity index (χ2v) is 3.24. The van der Waals surface area contributed by atoms with Crippen LogP contribution in [0.2, 0.25) is 0 Å². The number of aliphatic hydroxyl groups is 2. The normalized spacial score (nSPS) is 36.8. The first kappa shape index (κ1) is 12.1. The van der Waals surface area contributed by atoms with Crippen molar-refractivity contribution in [3.8, 4) is 0 Å². The quantitative estimate of drug-likeness (QED) is 0.512. The van der Waals surface area contributed by atoms with E-state index >= 15 is 0 Å². The zero-order valence-corrected chi connectivity index (χ0v) is 7.93. The number of halogens is 1. The number of hydrogen-bond acceptors (Lipinski definition) is 4. The summed E-state index contributed by atoms with van der Waals surface area (Å²) >= 11 is 0. The lowest BCUT2D eigenvalue weighted by Crippen LogP contribution is -2.38. The van der Waals surface area contributed by atoms with E-state index in [-0.39, 0.29) is 31.7 Å². The lowest BCUT2D eigenvalue weighted by molar-refractivity contribution is -0.0529. The van der Waals surface area contributed by atoms with Crippen LogP contribution in [0, 0.1) is 0 Å². The third kappa shape index (κ3) is 3.69. The molecule has 0 aromatic carbocycles. The summed E-state index contributed by atoms with van der Waals surface area (Å²) in [6.45, 7) is 3.12. The predicted molar refractivity (Wildman–Crippen MR) is 47.6 cm³/mol. The van der Waals surface area contributed by atoms with Crippen LogP contribution in [0.25, 0.3) is 0 Å². The van der Waals surface area contributed by atoms with Crippen LogP contribution in [0.15, 0.2) is 0 Å². The molecule has 5 heteroatoms. The Morgan fingerprint density at radius 2 is 2.33 bits per heavy atom. The average molecular weight is 198 g/mol. The van der Waals surface area contributed by atoms with Crippen LogP contribution < -0.4 is 5.32 Å². The smallest absolute Gasteiger partial charge is 0.0975 e. The van der Waals surface area contributed by atoms with Gasteiger partial charge in [0.1, 0.15) is 0 Å². The number of aliphatic hydroxyl groups excluding tert-OH is 1. The summed E-state index contributed by atoms with van der Waals surface area (Å²) < 4.78 is 5.20. The Hall–Kier alpha value is 0.130. The van der Waals surface area contributed by atoms with Gasteiger partial charge in [0.25, 0.3) is 0 Å². The molecule has 74 valence electrons. The van der Waals surface area contributed by atoms with Gasteiger partial charge in [0.15, 0.2) is 0 Å². The Morgan fingerprint density at radius 1 is 1.67 bits per heavy atom. The minimum absolute atomic E-state index is 0. The van der Waals surface area contributed by atoms with Crippen molar-refractivity contribution in [1.29, 1.82) is 0 Å². The molecule has 1 saturated heterocycles. The van der Waals surface area contributed by atoms with E-state index in [9.17, 15) is 5.11 Å². The lowest BCUT2D eigenvalue weighted by atomic mass is 10.1. The lowest BCUT2D eigenvalue weighted by Gasteiger charge is -2.19. The molecule has 0 aliphatic carbocycles. The van der Waals surface area contributed by atoms with Gasteiger partial charge in [-0.2, -0.15) is 0 Å². The number of rotatable bonds is 1. The Morgan fingerprint density at radius 3 is 2.92 bits per heavy atom. The molecule has 2 atom stereocenters. The Kier molecular flexibility index (Phi) is 5.04. The molecule has 0 radical (unpaired) electrons. The Labute approximate surface area is 78.3 Å². The summed E-state index contributed by atoms with van der Waals surface area (Å²) in [5.41, 5.74) is -0.802. The molecule has 12 heavy (non-hydrogen) atoms. The molecule has 0 saturated carbocycles. The van der Waals surface area contributed by atoms with Gasteiger partial charge in [-0.1, -0.05) is 0 Å². The maximum Gasteiger partial charge on any atom is 0.0975 e. The molecular weight excluding hydrogens is 182 g/mol. The van der Waals surface area contributed by atoms with Gasteiger partial charge < -0.3 is 20.3 Å². The summed E-state index contributed by atoms with van der Waals surface area (Å²) in [4.78, 5) is 0. The highest BCUT2D eigenvalue weighted by Gasteiger charge is 2.25. The Balaban J connectivity index is 0.00000121. The summed E-state index contributed by atoms with van der Waals surface area (Å²) in [5, 5.41) is 21.2. The second kappa shape index (κ2) is 4.99. The molecule has 0 aromatic rings. The fourth-order valence-electron chi connectivity index (χ4n) is 1.03. The van der Waals surface area contributed by atoms with Crippen molar-refractivity contribution in [3.05, 3.63) is 0 Å². The van der Waals surface area contributed by atoms with E-state index < -0.39 is 5.60 Å². The summed E-state index contributed by atoms with van der Waals surface area (Å²) in [7, 11) is 0. The zero-order chi connectivity index (χ0) is 8.32. The minimum atomic E-state index is -0.802. The van der Waals surface area contributed by atoms with Crippen molar-refractivity contribution in [2.24, 2.45) is 0 Å². The van der Waals surface area contributed by atoms with Crippen LogP contribution in [-0.2, 0) is 4.74 Å². The highest BCUT2D eigenvalue weighted by Crippen LogP contribution is 2.07. The van der Waals surface area contributed by atoms with Gasteiger partial charge in [0.05, 0.1) is 24.9 Å². The molecule has 0 unspecified atom stereocenters. The van der Waals surface area contributed by atoms with Gasteiger partial charge in [-0.3, -0.25) is 0 Å². The molecule has 1 heterocycles. The first-order valence-corrected chi connectivity index (χ1v) is 3.79. The molecule has 3 N–H and O–H groups in total. The van der Waals surface area contributed by atoms with E-state index in [1.54, 1.807) is 6.92 Å². The van der Waals surface area contributed by atoms with E-state index in [2.05, 4.69) is 5.32 Å². The van der Waals surface area contributed by atoms with Crippen molar-refractivity contribution in [3.63, 3.8) is 0 Å². The maximum absolute atomic E-state index is 9.50. The van der Waals surface area contributed by atoms with Crippen molar-refractivity contribution >= 4 is 12.4 Å². The third-order valence-electron chi connectivity index (χ3n) is 1.71. The molecular formula is C7H16ClNO3. The third-order valence-corrected chi connectivity index (χ3v) is 1.71. The van der Waals surface area contributed by atoms with Crippen molar-refractivity contribution < 1.29 is 14.9 Å². The molecule has 0 amide bonds. The predicted octanol–water partition coefficient (Wildman–Crippen LogP) is -0.860. The fourth-order valence-corrected chi connectivity index (χ4v) is 1.03. The number of ether oxygens (including phenoxy) is 1. The van der Waals surface area contributed by atoms with Gasteiger partial charge >= 0.3 is 0 Å². The average Bonchev–Trinajstić information content (AvgIpc) is 2.10. The molecule has 0 bridgehead atoms. The van der Waals surface area contributed by atoms with Crippen molar-refractivity contribution in [2.75, 3.05) is 26.3 Å². The molecule has 0 aromatic heterocycles. The summed E-state index contributed by atoms with van der Waals surface area (Å²) in [5.74, 6) is 0. The SMILES string of the molecule is C[C@]1(O)CNC[C@@H](CO)OC1.Cl. The van der Waals surface area contributed by atoms with Crippen molar-refractivity contribution in [2.45, 2.75) is 18.6 Å². The van der Waals surface area contributed by atoms with E-state index in [1.807, 2.05) is 0 Å². The first-order valence-electron chi connectivity index (χ1n) is 3.79. The largest absolute Gasteiger partial charge is 0.394 e. The number of nitrogens with one attached hydrogen (secondary N) is 1. The zero-order valence-electron chi connectivity index (χ0n) is 7.12. The minimum Gasteiger partial charge on any atom is -0.394 e. The summed E-state index contributed by atoms with van der Waals surface area (Å²) in [6.07, 6.45) is -0.177. The van der Waals surface area contributed by atoms with Crippen LogP contribution in [0.1, 0.15) is 6.92 Å². The molecule has 1 fully saturated rings. The molecule has 1 aliphatic rings. The molecule has 0 spiro atoms. The topological polar surface area (TPSA) is 61.7 Å². The van der Waals surface area contributed by atoms with Gasteiger partial charge in [0, 0.05) is 13.1 Å². The van der Waals surface area contributed by atoms with Crippen LogP contribution in [0.3, 0.4) is 0 Å². The van der Waals surface area contributed by atoms with E-state index in [0.717, 1.165) is 0 Å². The van der Waals surface area contributed by atoms with Gasteiger partial charge in [-0.05, 0) is 6.92 Å². The second-order valence-electron chi connectivity index (χ2n) is 3.24. The maximum atomic E-state index is 9.50. The monoisotopic (exact) mass is 197 g/mol. The molecule has 1 aliphatic heterocycles. The fraction of sp³-hybridized carbons (Fsp3) is 1.00. The summed E-state index contributed by atoms with van der Waals surface area (Å²) in [6, 6.07) is 0. The van der Waals surface area contributed by atoms with Crippen molar-refractivity contribution in [1.82, 2.24) is 5.32 Å². The van der Waals surface area contributed by atoms with E-state index in [4.69, 9.17) is 9.84 Å². The molecule has 1 rings (SSSR count). The highest BCUT2D eigenvalue weighted by atomic mass is 35.5. The van der Waals surface area contributed by atoms with E-state index in [0.29, 0.717) is 13.1 Å². The number of β-amino-alcohol motifs (C(OH)–C–C–N with tert-alkyl or cyclic N) is 1. The van der Waals surface area contributed by atoms with Gasteiger partial charge in [-0.15, -0.1) is 12.4 Å².